The topological polar surface area (TPSA) is 58.6 Å². The summed E-state index contributed by atoms with van der Waals surface area (Å²) < 4.78 is 5.20. The van der Waals surface area contributed by atoms with Gasteiger partial charge in [-0.1, -0.05) is 26.0 Å². The van der Waals surface area contributed by atoms with Crippen molar-refractivity contribution in [3.63, 3.8) is 0 Å². The normalized spacial score (nSPS) is 11.6. The first-order valence-electron chi connectivity index (χ1n) is 7.73. The number of nitrogens with one attached hydrogen (secondary N) is 1. The molecule has 0 bridgehead atoms. The van der Waals surface area contributed by atoms with E-state index in [1.165, 1.54) is 0 Å². The van der Waals surface area contributed by atoms with E-state index < -0.39 is 6.04 Å². The minimum Gasteiger partial charge on any atom is -0.497 e. The maximum atomic E-state index is 12.2. The van der Waals surface area contributed by atoms with E-state index in [9.17, 15) is 9.59 Å². The van der Waals surface area contributed by atoms with Gasteiger partial charge in [-0.15, -0.1) is 0 Å². The Bertz CT molecular complexity index is 502. The van der Waals surface area contributed by atoms with Crippen molar-refractivity contribution < 1.29 is 14.3 Å². The number of benzene rings is 1. The van der Waals surface area contributed by atoms with E-state index >= 15 is 0 Å². The van der Waals surface area contributed by atoms with E-state index in [4.69, 9.17) is 4.74 Å². The van der Waals surface area contributed by atoms with Crippen LogP contribution < -0.4 is 10.1 Å². The monoisotopic (exact) mass is 306 g/mol. The predicted octanol–water partition coefficient (Wildman–Crippen LogP) is 2.35. The van der Waals surface area contributed by atoms with Crippen molar-refractivity contribution >= 4 is 11.8 Å². The second kappa shape index (κ2) is 9.07. The number of hydrogen-bond donors (Lipinski definition) is 1. The zero-order chi connectivity index (χ0) is 16.5. The van der Waals surface area contributed by atoms with Crippen molar-refractivity contribution in [2.24, 2.45) is 0 Å². The highest BCUT2D eigenvalue weighted by molar-refractivity contribution is 5.87. The van der Waals surface area contributed by atoms with Gasteiger partial charge < -0.3 is 15.0 Å². The third-order valence-corrected chi connectivity index (χ3v) is 3.51. The first-order valence-corrected chi connectivity index (χ1v) is 7.73. The Hall–Kier alpha value is -2.04. The van der Waals surface area contributed by atoms with Gasteiger partial charge in [0.25, 0.3) is 0 Å². The lowest BCUT2D eigenvalue weighted by atomic mass is 10.1. The van der Waals surface area contributed by atoms with Crippen LogP contribution in [0.25, 0.3) is 0 Å². The van der Waals surface area contributed by atoms with Crippen LogP contribution >= 0.6 is 0 Å². The molecular formula is C17H26N2O3. The first-order chi connectivity index (χ1) is 10.5. The van der Waals surface area contributed by atoms with Gasteiger partial charge in [0, 0.05) is 19.5 Å². The standard InChI is InChI=1S/C17H26N2O3/c1-5-10-18-17(21)13(3)19(16(20)6-2)12-14-8-7-9-15(11-14)22-4/h7-9,11,13H,5-6,10,12H2,1-4H3,(H,18,21)/t13-/m0/s1. The van der Waals surface area contributed by atoms with E-state index in [1.807, 2.05) is 31.2 Å². The molecule has 0 saturated heterocycles. The summed E-state index contributed by atoms with van der Waals surface area (Å²) in [6.45, 7) is 6.58. The summed E-state index contributed by atoms with van der Waals surface area (Å²) in [6.07, 6.45) is 1.24. The van der Waals surface area contributed by atoms with Crippen LogP contribution in [0.15, 0.2) is 24.3 Å². The molecule has 1 aromatic carbocycles. The number of ether oxygens (including phenoxy) is 1. The zero-order valence-electron chi connectivity index (χ0n) is 13.9. The van der Waals surface area contributed by atoms with Crippen LogP contribution in [0.2, 0.25) is 0 Å². The molecule has 22 heavy (non-hydrogen) atoms. The molecule has 0 heterocycles. The minimum atomic E-state index is -0.495. The minimum absolute atomic E-state index is 0.0398. The molecule has 1 aromatic rings. The van der Waals surface area contributed by atoms with Crippen LogP contribution in [0.3, 0.4) is 0 Å². The number of rotatable bonds is 8. The van der Waals surface area contributed by atoms with Crippen LogP contribution in [0.4, 0.5) is 0 Å². The van der Waals surface area contributed by atoms with Gasteiger partial charge in [-0.3, -0.25) is 9.59 Å². The van der Waals surface area contributed by atoms with Gasteiger partial charge in [0.15, 0.2) is 0 Å². The summed E-state index contributed by atoms with van der Waals surface area (Å²) in [7, 11) is 1.61. The van der Waals surface area contributed by atoms with Crippen LogP contribution in [-0.2, 0) is 16.1 Å². The fraction of sp³-hybridized carbons (Fsp3) is 0.529. The molecule has 5 nitrogen and oxygen atoms in total. The summed E-state index contributed by atoms with van der Waals surface area (Å²) in [6, 6.07) is 7.05. The number of nitrogens with zero attached hydrogens (tertiary/aromatic N) is 1. The Morgan fingerprint density at radius 1 is 1.32 bits per heavy atom. The number of carbonyl (C=O) groups excluding carboxylic acids is 2. The second-order valence-electron chi connectivity index (χ2n) is 5.19. The molecular weight excluding hydrogens is 280 g/mol. The SMILES string of the molecule is CCCNC(=O)[C@H](C)N(Cc1cccc(OC)c1)C(=O)CC. The van der Waals surface area contributed by atoms with Crippen LogP contribution in [0, 0.1) is 0 Å². The van der Waals surface area contributed by atoms with Gasteiger partial charge >= 0.3 is 0 Å². The molecule has 0 fully saturated rings. The van der Waals surface area contributed by atoms with E-state index in [1.54, 1.807) is 25.9 Å². The highest BCUT2D eigenvalue weighted by Gasteiger charge is 2.24. The van der Waals surface area contributed by atoms with E-state index in [0.717, 1.165) is 17.7 Å². The molecule has 2 amide bonds. The molecule has 0 radical (unpaired) electrons. The van der Waals surface area contributed by atoms with Crippen LogP contribution in [0.5, 0.6) is 5.75 Å². The van der Waals surface area contributed by atoms with Gasteiger partial charge in [-0.25, -0.2) is 0 Å². The fourth-order valence-electron chi connectivity index (χ4n) is 2.15. The van der Waals surface area contributed by atoms with Crippen molar-refractivity contribution in [1.29, 1.82) is 0 Å². The molecule has 1 rings (SSSR count). The Balaban J connectivity index is 2.88. The molecule has 1 N–H and O–H groups in total. The maximum absolute atomic E-state index is 12.2. The summed E-state index contributed by atoms with van der Waals surface area (Å²) in [4.78, 5) is 26.0. The van der Waals surface area contributed by atoms with E-state index in [-0.39, 0.29) is 11.8 Å². The zero-order valence-corrected chi connectivity index (χ0v) is 13.9. The van der Waals surface area contributed by atoms with Crippen molar-refractivity contribution in [3.05, 3.63) is 29.8 Å². The van der Waals surface area contributed by atoms with Crippen molar-refractivity contribution in [3.8, 4) is 5.75 Å². The van der Waals surface area contributed by atoms with Gasteiger partial charge in [-0.2, -0.15) is 0 Å². The highest BCUT2D eigenvalue weighted by Crippen LogP contribution is 2.16. The van der Waals surface area contributed by atoms with Gasteiger partial charge in [0.2, 0.25) is 11.8 Å². The average molecular weight is 306 g/mol. The molecule has 5 heteroatoms. The second-order valence-corrected chi connectivity index (χ2v) is 5.19. The van der Waals surface area contributed by atoms with E-state index in [2.05, 4.69) is 5.32 Å². The molecule has 0 unspecified atom stereocenters. The number of amides is 2. The molecule has 0 aromatic heterocycles. The summed E-state index contributed by atoms with van der Waals surface area (Å²) in [5.41, 5.74) is 0.941. The number of carbonyl (C=O) groups is 2. The van der Waals surface area contributed by atoms with Crippen molar-refractivity contribution in [1.82, 2.24) is 10.2 Å². The molecule has 0 saturated carbocycles. The van der Waals surface area contributed by atoms with Crippen molar-refractivity contribution in [2.45, 2.75) is 46.2 Å². The highest BCUT2D eigenvalue weighted by atomic mass is 16.5. The Labute approximate surface area is 132 Å². The lowest BCUT2D eigenvalue weighted by molar-refractivity contribution is -0.140. The van der Waals surface area contributed by atoms with E-state index in [0.29, 0.717) is 19.5 Å². The van der Waals surface area contributed by atoms with Gasteiger partial charge in [0.1, 0.15) is 11.8 Å². The lowest BCUT2D eigenvalue weighted by Gasteiger charge is -2.28. The van der Waals surface area contributed by atoms with Gasteiger partial charge in [0.05, 0.1) is 7.11 Å². The number of methoxy groups -OCH3 is 1. The van der Waals surface area contributed by atoms with Crippen molar-refractivity contribution in [2.75, 3.05) is 13.7 Å². The smallest absolute Gasteiger partial charge is 0.242 e. The summed E-state index contributed by atoms with van der Waals surface area (Å²) in [5.74, 6) is 0.581. The molecule has 0 spiro atoms. The molecule has 0 aliphatic rings. The molecule has 1 atom stereocenters. The maximum Gasteiger partial charge on any atom is 0.242 e. The fourth-order valence-corrected chi connectivity index (χ4v) is 2.15. The lowest BCUT2D eigenvalue weighted by Crippen LogP contribution is -2.47. The summed E-state index contributed by atoms with van der Waals surface area (Å²) >= 11 is 0. The van der Waals surface area contributed by atoms with Crippen LogP contribution in [0.1, 0.15) is 39.2 Å². The third kappa shape index (κ3) is 5.06. The molecule has 0 aliphatic heterocycles. The Morgan fingerprint density at radius 3 is 2.64 bits per heavy atom. The Morgan fingerprint density at radius 2 is 2.05 bits per heavy atom. The Kier molecular flexibility index (Phi) is 7.43. The van der Waals surface area contributed by atoms with Gasteiger partial charge in [-0.05, 0) is 31.0 Å². The first kappa shape index (κ1) is 18.0. The largest absolute Gasteiger partial charge is 0.497 e. The molecule has 122 valence electrons. The summed E-state index contributed by atoms with van der Waals surface area (Å²) in [5, 5.41) is 2.84. The predicted molar refractivity (Wildman–Crippen MR) is 86.6 cm³/mol. The molecule has 0 aliphatic carbocycles. The average Bonchev–Trinajstić information content (AvgIpc) is 2.56. The van der Waals surface area contributed by atoms with Crippen LogP contribution in [-0.4, -0.2) is 36.4 Å². The quantitative estimate of drug-likeness (QED) is 0.802. The third-order valence-electron chi connectivity index (χ3n) is 3.51. The number of hydrogen-bond acceptors (Lipinski definition) is 3.